The summed E-state index contributed by atoms with van der Waals surface area (Å²) in [6, 6.07) is 35.4. The minimum absolute atomic E-state index is 0.00578. The predicted molar refractivity (Wildman–Crippen MR) is 249 cm³/mol. The van der Waals surface area contributed by atoms with Crippen LogP contribution in [0.1, 0.15) is 52.4 Å². The molecule has 0 radical (unpaired) electrons. The van der Waals surface area contributed by atoms with Gasteiger partial charge in [0.1, 0.15) is 29.9 Å². The first-order chi connectivity index (χ1) is 33.2. The standard InChI is InChI=1S/C53H50N4O11/c1-64-49(60)40(50(61)65-2)18-9-11-33-19-24-42-41(31-33)53(52(63)55-42)43(48(59)54-37-20-22-38(23-21-37)56-25-28-66-29-26-56)45-51(62)68-46(35-14-7-4-8-15-35)44(34-12-5-3-6-13-34)57(45)47(53)36-16-10-17-39(32-36)67-30-27-58/h3-8,10,12-17,19-24,31-32,40,43-47,58H,18,25-30H2,1-2H3,(H,54,59)(H,55,63). The van der Waals surface area contributed by atoms with E-state index in [1.165, 1.54) is 14.2 Å². The second-order valence-electron chi connectivity index (χ2n) is 16.9. The average molecular weight is 919 g/mol. The lowest BCUT2D eigenvalue weighted by molar-refractivity contribution is -0.178. The molecule has 9 rings (SSSR count). The first kappa shape index (κ1) is 45.6. The van der Waals surface area contributed by atoms with E-state index in [2.05, 4.69) is 27.4 Å². The highest BCUT2D eigenvalue weighted by atomic mass is 16.6. The van der Waals surface area contributed by atoms with Gasteiger partial charge < -0.3 is 44.3 Å². The maximum absolute atomic E-state index is 15.7. The van der Waals surface area contributed by atoms with E-state index in [4.69, 9.17) is 23.7 Å². The molecule has 4 aliphatic rings. The lowest BCUT2D eigenvalue weighted by Crippen LogP contribution is -2.53. The molecule has 15 nitrogen and oxygen atoms in total. The van der Waals surface area contributed by atoms with E-state index < -0.39 is 71.2 Å². The van der Waals surface area contributed by atoms with Gasteiger partial charge in [-0.1, -0.05) is 84.6 Å². The summed E-state index contributed by atoms with van der Waals surface area (Å²) in [7, 11) is 2.34. The Hall–Kier alpha value is -7.51. The van der Waals surface area contributed by atoms with Crippen LogP contribution in [0.25, 0.3) is 0 Å². The van der Waals surface area contributed by atoms with Crippen LogP contribution in [0.3, 0.4) is 0 Å². The molecule has 3 saturated heterocycles. The highest BCUT2D eigenvalue weighted by Gasteiger charge is 2.74. The van der Waals surface area contributed by atoms with Crippen LogP contribution < -0.4 is 20.3 Å². The van der Waals surface area contributed by atoms with Crippen LogP contribution in [0.15, 0.2) is 127 Å². The van der Waals surface area contributed by atoms with Crippen LogP contribution in [0.2, 0.25) is 0 Å². The maximum atomic E-state index is 15.7. The lowest BCUT2D eigenvalue weighted by atomic mass is 9.65. The highest BCUT2D eigenvalue weighted by Crippen LogP contribution is 2.65. The molecule has 4 aliphatic heterocycles. The summed E-state index contributed by atoms with van der Waals surface area (Å²) < 4.78 is 27.7. The highest BCUT2D eigenvalue weighted by molar-refractivity contribution is 6.13. The number of rotatable bonds is 12. The number of carbonyl (C=O) groups excluding carboxylic acids is 5. The molecule has 0 aliphatic carbocycles. The summed E-state index contributed by atoms with van der Waals surface area (Å²) in [5.74, 6) is 0.203. The number of fused-ring (bicyclic) bond motifs is 3. The number of nitrogens with one attached hydrogen (secondary N) is 2. The number of hydrogen-bond donors (Lipinski definition) is 3. The fraction of sp³-hybridized carbons (Fsp3) is 0.302. The van der Waals surface area contributed by atoms with Crippen molar-refractivity contribution in [1.82, 2.24) is 4.90 Å². The normalized spacial score (nSPS) is 22.8. The number of ether oxygens (including phenoxy) is 5. The molecule has 1 spiro atoms. The minimum Gasteiger partial charge on any atom is -0.491 e. The SMILES string of the molecule is COC(=O)C(CC#Cc1ccc2c(c1)C1(C(=O)N2)C(C(=O)Nc2ccc(N3CCOCC3)cc2)C2C(=O)OC(c3ccccc3)C(c3ccccc3)N2C1c1cccc(OCCO)c1)C(=O)OC. The van der Waals surface area contributed by atoms with Crippen molar-refractivity contribution < 1.29 is 52.8 Å². The number of anilines is 3. The van der Waals surface area contributed by atoms with E-state index in [0.29, 0.717) is 65.7 Å². The van der Waals surface area contributed by atoms with Gasteiger partial charge in [-0.05, 0) is 76.9 Å². The molecule has 0 aromatic heterocycles. The van der Waals surface area contributed by atoms with Gasteiger partial charge in [-0.3, -0.25) is 28.9 Å². The van der Waals surface area contributed by atoms with Crippen LogP contribution >= 0.6 is 0 Å². The van der Waals surface area contributed by atoms with Crippen molar-refractivity contribution in [2.24, 2.45) is 11.8 Å². The Morgan fingerprint density at radius 3 is 2.18 bits per heavy atom. The molecule has 5 aromatic carbocycles. The number of aliphatic hydroxyl groups excluding tert-OH is 1. The van der Waals surface area contributed by atoms with Gasteiger partial charge in [0, 0.05) is 42.1 Å². The van der Waals surface area contributed by atoms with Crippen molar-refractivity contribution in [3.05, 3.63) is 155 Å². The Labute approximate surface area is 393 Å². The van der Waals surface area contributed by atoms with Gasteiger partial charge in [0.05, 0.1) is 52.0 Å². The van der Waals surface area contributed by atoms with Crippen LogP contribution in [0, 0.1) is 23.7 Å². The molecular weight excluding hydrogens is 869 g/mol. The number of esters is 3. The molecular formula is C53H50N4O11. The van der Waals surface area contributed by atoms with Crippen molar-refractivity contribution in [3.63, 3.8) is 0 Å². The van der Waals surface area contributed by atoms with Crippen LogP contribution in [-0.2, 0) is 48.3 Å². The molecule has 0 saturated carbocycles. The zero-order valence-electron chi connectivity index (χ0n) is 37.5. The second-order valence-corrected chi connectivity index (χ2v) is 16.9. The molecule has 15 heteroatoms. The number of amides is 2. The lowest BCUT2D eigenvalue weighted by Gasteiger charge is -2.46. The van der Waals surface area contributed by atoms with E-state index >= 15 is 14.4 Å². The summed E-state index contributed by atoms with van der Waals surface area (Å²) in [5.41, 5.74) is 2.78. The average Bonchev–Trinajstić information content (AvgIpc) is 3.86. The minimum atomic E-state index is -1.86. The Morgan fingerprint density at radius 2 is 1.50 bits per heavy atom. The summed E-state index contributed by atoms with van der Waals surface area (Å²) in [4.78, 5) is 75.9. The third kappa shape index (κ3) is 8.42. The van der Waals surface area contributed by atoms with Crippen LogP contribution in [0.4, 0.5) is 17.1 Å². The van der Waals surface area contributed by atoms with Gasteiger partial charge in [0.2, 0.25) is 11.8 Å². The van der Waals surface area contributed by atoms with E-state index in [-0.39, 0.29) is 19.6 Å². The number of hydrogen-bond acceptors (Lipinski definition) is 13. The number of benzene rings is 5. The number of morpholine rings is 2. The molecule has 2 amide bonds. The summed E-state index contributed by atoms with van der Waals surface area (Å²) >= 11 is 0. The Kier molecular flexibility index (Phi) is 13.3. The van der Waals surface area contributed by atoms with Gasteiger partial charge in [0.25, 0.3) is 0 Å². The van der Waals surface area contributed by atoms with Crippen molar-refractivity contribution in [2.45, 2.75) is 36.1 Å². The van der Waals surface area contributed by atoms with Crippen molar-refractivity contribution >= 4 is 46.8 Å². The topological polar surface area (TPSA) is 182 Å². The van der Waals surface area contributed by atoms with Crippen molar-refractivity contribution in [1.29, 1.82) is 0 Å². The van der Waals surface area contributed by atoms with Crippen molar-refractivity contribution in [3.8, 4) is 17.6 Å². The summed E-state index contributed by atoms with van der Waals surface area (Å²) in [5, 5.41) is 16.0. The number of methoxy groups -OCH3 is 2. The van der Waals surface area contributed by atoms with E-state index in [1.54, 1.807) is 48.5 Å². The fourth-order valence-corrected chi connectivity index (χ4v) is 10.2. The molecule has 348 valence electrons. The summed E-state index contributed by atoms with van der Waals surface area (Å²) in [6.07, 6.45) is -1.11. The zero-order valence-corrected chi connectivity index (χ0v) is 37.5. The van der Waals surface area contributed by atoms with Crippen LogP contribution in [-0.4, -0.2) is 99.5 Å². The smallest absolute Gasteiger partial charge is 0.324 e. The number of nitrogens with zero attached hydrogens (tertiary/aromatic N) is 2. The Bertz CT molecular complexity index is 2740. The summed E-state index contributed by atoms with van der Waals surface area (Å²) in [6.45, 7) is 2.38. The number of aliphatic hydroxyl groups is 1. The first-order valence-corrected chi connectivity index (χ1v) is 22.4. The van der Waals surface area contributed by atoms with E-state index in [9.17, 15) is 14.7 Å². The third-order valence-electron chi connectivity index (χ3n) is 13.1. The van der Waals surface area contributed by atoms with Gasteiger partial charge in [-0.15, -0.1) is 0 Å². The molecule has 68 heavy (non-hydrogen) atoms. The number of carbonyl (C=O) groups is 5. The molecule has 0 bridgehead atoms. The Balaban J connectivity index is 1.26. The van der Waals surface area contributed by atoms with Crippen molar-refractivity contribution in [2.75, 3.05) is 69.3 Å². The fourth-order valence-electron chi connectivity index (χ4n) is 10.2. The molecule has 3 fully saturated rings. The van der Waals surface area contributed by atoms with E-state index in [1.807, 2.05) is 83.8 Å². The molecule has 3 N–H and O–H groups in total. The van der Waals surface area contributed by atoms with Gasteiger partial charge >= 0.3 is 17.9 Å². The molecule has 4 heterocycles. The zero-order chi connectivity index (χ0) is 47.4. The molecule has 6 atom stereocenters. The van der Waals surface area contributed by atoms with Gasteiger partial charge in [0.15, 0.2) is 5.92 Å². The van der Waals surface area contributed by atoms with E-state index in [0.717, 1.165) is 11.3 Å². The quantitative estimate of drug-likeness (QED) is 0.0618. The Morgan fingerprint density at radius 1 is 0.824 bits per heavy atom. The van der Waals surface area contributed by atoms with Gasteiger partial charge in [-0.25, -0.2) is 0 Å². The third-order valence-corrected chi connectivity index (χ3v) is 13.1. The largest absolute Gasteiger partial charge is 0.491 e. The maximum Gasteiger partial charge on any atom is 0.324 e. The number of cyclic esters (lactones) is 1. The van der Waals surface area contributed by atoms with Gasteiger partial charge in [-0.2, -0.15) is 0 Å². The first-order valence-electron chi connectivity index (χ1n) is 22.4. The second kappa shape index (κ2) is 19.8. The van der Waals surface area contributed by atoms with Crippen LogP contribution in [0.5, 0.6) is 5.75 Å². The predicted octanol–water partition coefficient (Wildman–Crippen LogP) is 5.51. The molecule has 6 unspecified atom stereocenters. The molecule has 5 aromatic rings. The monoisotopic (exact) mass is 918 g/mol.